The molecule has 1 aromatic carbocycles. The van der Waals surface area contributed by atoms with Gasteiger partial charge in [-0.15, -0.1) is 0 Å². The molecule has 1 amide bonds. The molecule has 23 heavy (non-hydrogen) atoms. The molecule has 1 aromatic rings. The molecular weight excluding hydrogens is 337 g/mol. The number of hydrogen-bond acceptors (Lipinski definition) is 3. The van der Waals surface area contributed by atoms with E-state index in [0.717, 1.165) is 6.42 Å². The van der Waals surface area contributed by atoms with Crippen molar-refractivity contribution in [2.24, 2.45) is 0 Å². The van der Waals surface area contributed by atoms with E-state index in [4.69, 9.17) is 27.9 Å². The molecule has 2 rings (SSSR count). The van der Waals surface area contributed by atoms with Crippen molar-refractivity contribution < 1.29 is 14.6 Å². The van der Waals surface area contributed by atoms with Crippen molar-refractivity contribution in [3.8, 4) is 0 Å². The highest BCUT2D eigenvalue weighted by atomic mass is 35.5. The van der Waals surface area contributed by atoms with Gasteiger partial charge in [-0.05, 0) is 58.2 Å². The van der Waals surface area contributed by atoms with Gasteiger partial charge in [0.15, 0.2) is 0 Å². The van der Waals surface area contributed by atoms with Gasteiger partial charge in [-0.2, -0.15) is 0 Å². The average Bonchev–Trinajstić information content (AvgIpc) is 2.81. The molecule has 1 heterocycles. The molecule has 3 atom stereocenters. The molecule has 3 unspecified atom stereocenters. The van der Waals surface area contributed by atoms with E-state index >= 15 is 0 Å². The monoisotopic (exact) mass is 359 g/mol. The fourth-order valence-electron chi connectivity index (χ4n) is 2.88. The Morgan fingerprint density at radius 1 is 1.30 bits per heavy atom. The summed E-state index contributed by atoms with van der Waals surface area (Å²) in [5.41, 5.74) is 0.0745. The van der Waals surface area contributed by atoms with Gasteiger partial charge in [-0.3, -0.25) is 4.90 Å². The van der Waals surface area contributed by atoms with Gasteiger partial charge in [0.05, 0.1) is 22.2 Å². The molecule has 1 aliphatic rings. The highest BCUT2D eigenvalue weighted by Gasteiger charge is 2.41. The normalized spacial score (nSPS) is 23.0. The molecule has 1 N–H and O–H groups in total. The van der Waals surface area contributed by atoms with E-state index in [0.29, 0.717) is 22.0 Å². The van der Waals surface area contributed by atoms with Crippen LogP contribution in [0.5, 0.6) is 0 Å². The summed E-state index contributed by atoms with van der Waals surface area (Å²) in [7, 11) is 0. The van der Waals surface area contributed by atoms with Crippen LogP contribution in [0.2, 0.25) is 10.0 Å². The van der Waals surface area contributed by atoms with Gasteiger partial charge >= 0.3 is 6.09 Å². The number of aliphatic hydroxyl groups excluding tert-OH is 1. The molecule has 1 saturated heterocycles. The largest absolute Gasteiger partial charge is 0.444 e. The zero-order valence-corrected chi connectivity index (χ0v) is 15.4. The van der Waals surface area contributed by atoms with Crippen LogP contribution in [0.25, 0.3) is 0 Å². The number of carbonyl (C=O) groups is 1. The van der Waals surface area contributed by atoms with Gasteiger partial charge in [0.2, 0.25) is 0 Å². The maximum Gasteiger partial charge on any atom is 0.410 e. The van der Waals surface area contributed by atoms with E-state index in [1.807, 2.05) is 27.7 Å². The van der Waals surface area contributed by atoms with E-state index in [9.17, 15) is 9.90 Å². The summed E-state index contributed by atoms with van der Waals surface area (Å²) >= 11 is 12.0. The van der Waals surface area contributed by atoms with Crippen LogP contribution in [0.4, 0.5) is 4.79 Å². The van der Waals surface area contributed by atoms with Crippen LogP contribution >= 0.6 is 23.2 Å². The Bertz CT molecular complexity index is 586. The minimum absolute atomic E-state index is 0.0206. The summed E-state index contributed by atoms with van der Waals surface area (Å²) < 4.78 is 5.48. The maximum absolute atomic E-state index is 12.5. The lowest BCUT2D eigenvalue weighted by Gasteiger charge is -2.33. The first kappa shape index (κ1) is 18.4. The van der Waals surface area contributed by atoms with Crippen LogP contribution < -0.4 is 0 Å². The Morgan fingerprint density at radius 2 is 1.96 bits per heavy atom. The predicted octanol–water partition coefficient (Wildman–Crippen LogP) is 4.81. The fourth-order valence-corrected chi connectivity index (χ4v) is 3.18. The molecule has 0 saturated carbocycles. The summed E-state index contributed by atoms with van der Waals surface area (Å²) in [5, 5.41) is 11.5. The van der Waals surface area contributed by atoms with E-state index in [1.165, 1.54) is 0 Å². The number of amides is 1. The first-order valence-corrected chi connectivity index (χ1v) is 8.50. The van der Waals surface area contributed by atoms with Crippen molar-refractivity contribution in [3.63, 3.8) is 0 Å². The molecule has 128 valence electrons. The molecule has 0 aromatic heterocycles. The minimum Gasteiger partial charge on any atom is -0.444 e. The van der Waals surface area contributed by atoms with Crippen molar-refractivity contribution in [1.82, 2.24) is 4.90 Å². The van der Waals surface area contributed by atoms with Crippen molar-refractivity contribution in [2.75, 3.05) is 0 Å². The molecule has 0 aliphatic carbocycles. The summed E-state index contributed by atoms with van der Waals surface area (Å²) in [5.74, 6) is 0. The SMILES string of the molecule is CC1CCC(C(O)c2ccc(Cl)c(Cl)c2)N1C(=O)OC(C)(C)C. The average molecular weight is 360 g/mol. The van der Waals surface area contributed by atoms with Crippen molar-refractivity contribution in [3.05, 3.63) is 33.8 Å². The lowest BCUT2D eigenvalue weighted by molar-refractivity contribution is -0.00290. The van der Waals surface area contributed by atoms with Crippen molar-refractivity contribution in [2.45, 2.75) is 64.3 Å². The molecule has 0 bridgehead atoms. The first-order chi connectivity index (χ1) is 10.6. The zero-order valence-electron chi connectivity index (χ0n) is 13.8. The molecule has 4 nitrogen and oxygen atoms in total. The third-order valence-electron chi connectivity index (χ3n) is 3.97. The van der Waals surface area contributed by atoms with Crippen molar-refractivity contribution >= 4 is 29.3 Å². The summed E-state index contributed by atoms with van der Waals surface area (Å²) in [6.45, 7) is 7.45. The topological polar surface area (TPSA) is 49.8 Å². The number of halogens is 2. The number of nitrogens with zero attached hydrogens (tertiary/aromatic N) is 1. The van der Waals surface area contributed by atoms with Crippen molar-refractivity contribution in [1.29, 1.82) is 0 Å². The molecular formula is C17H23Cl2NO3. The Balaban J connectivity index is 2.22. The number of carbonyl (C=O) groups excluding carboxylic acids is 1. The molecule has 0 spiro atoms. The van der Waals surface area contributed by atoms with Crippen LogP contribution in [0.1, 0.15) is 52.2 Å². The number of aliphatic hydroxyl groups is 1. The number of benzene rings is 1. The van der Waals surface area contributed by atoms with Crippen LogP contribution in [-0.2, 0) is 4.74 Å². The lowest BCUT2D eigenvalue weighted by Crippen LogP contribution is -2.45. The summed E-state index contributed by atoms with van der Waals surface area (Å²) in [6.07, 6.45) is 0.304. The lowest BCUT2D eigenvalue weighted by atomic mass is 10.0. The van der Waals surface area contributed by atoms with Gasteiger partial charge in [-0.25, -0.2) is 4.79 Å². The quantitative estimate of drug-likeness (QED) is 0.823. The minimum atomic E-state index is -0.831. The number of ether oxygens (including phenoxy) is 1. The predicted molar refractivity (Wildman–Crippen MR) is 92.0 cm³/mol. The fraction of sp³-hybridized carbons (Fsp3) is 0.588. The summed E-state index contributed by atoms with van der Waals surface area (Å²) in [6, 6.07) is 4.71. The van der Waals surface area contributed by atoms with E-state index in [2.05, 4.69) is 0 Å². The summed E-state index contributed by atoms with van der Waals surface area (Å²) in [4.78, 5) is 14.1. The van der Waals surface area contributed by atoms with Gasteiger partial charge in [0.25, 0.3) is 0 Å². The van der Waals surface area contributed by atoms with Gasteiger partial charge in [0.1, 0.15) is 5.60 Å². The van der Waals surface area contributed by atoms with Gasteiger partial charge < -0.3 is 9.84 Å². The molecule has 0 radical (unpaired) electrons. The first-order valence-electron chi connectivity index (χ1n) is 7.74. The number of likely N-dealkylation sites (tertiary alicyclic amines) is 1. The second kappa shape index (κ2) is 6.88. The Morgan fingerprint density at radius 3 is 2.52 bits per heavy atom. The Kier molecular flexibility index (Phi) is 5.49. The van der Waals surface area contributed by atoms with Gasteiger partial charge in [0, 0.05) is 6.04 Å². The second-order valence-electron chi connectivity index (χ2n) is 7.00. The van der Waals surface area contributed by atoms with Gasteiger partial charge in [-0.1, -0.05) is 29.3 Å². The zero-order chi connectivity index (χ0) is 17.4. The van der Waals surface area contributed by atoms with E-state index in [1.54, 1.807) is 23.1 Å². The molecule has 6 heteroatoms. The van der Waals surface area contributed by atoms with Crippen LogP contribution in [0.3, 0.4) is 0 Å². The third kappa shape index (κ3) is 4.31. The highest BCUT2D eigenvalue weighted by molar-refractivity contribution is 6.42. The maximum atomic E-state index is 12.5. The van der Waals surface area contributed by atoms with Crippen LogP contribution in [0, 0.1) is 0 Å². The molecule has 1 aliphatic heterocycles. The smallest absolute Gasteiger partial charge is 0.410 e. The van der Waals surface area contributed by atoms with Crippen LogP contribution in [0.15, 0.2) is 18.2 Å². The Labute approximate surface area is 147 Å². The number of rotatable bonds is 2. The van der Waals surface area contributed by atoms with E-state index < -0.39 is 17.8 Å². The second-order valence-corrected chi connectivity index (χ2v) is 7.81. The van der Waals surface area contributed by atoms with Crippen LogP contribution in [-0.4, -0.2) is 33.8 Å². The van der Waals surface area contributed by atoms with E-state index in [-0.39, 0.29) is 12.1 Å². The Hall–Kier alpha value is -0.970. The standard InChI is InChI=1S/C17H23Cl2NO3/c1-10-5-8-14(20(10)16(22)23-17(2,3)4)15(21)11-6-7-12(18)13(19)9-11/h6-7,9-10,14-15,21H,5,8H2,1-4H3. The molecule has 1 fully saturated rings. The number of hydrogen-bond donors (Lipinski definition) is 1. The highest BCUT2D eigenvalue weighted by Crippen LogP contribution is 2.36. The third-order valence-corrected chi connectivity index (χ3v) is 4.71.